The number of unbranched alkanes of at least 4 members (excludes halogenated alkanes) is 1. The Hall–Kier alpha value is -1.62. The first-order valence-electron chi connectivity index (χ1n) is 5.58. The van der Waals surface area contributed by atoms with Crippen molar-refractivity contribution < 1.29 is 13.9 Å². The molecule has 0 aromatic heterocycles. The van der Waals surface area contributed by atoms with Gasteiger partial charge >= 0.3 is 0 Å². The fourth-order valence-electron chi connectivity index (χ4n) is 1.32. The standard InChI is InChI=1S/C12H17FN2O2/c1-2-3-6-17-10-5-4-9(11(13)8-10)7-12(16)15-14/h4-5,8H,2-3,6-7,14H2,1H3,(H,15,16). The summed E-state index contributed by atoms with van der Waals surface area (Å²) in [5.41, 5.74) is 2.26. The summed E-state index contributed by atoms with van der Waals surface area (Å²) in [6.45, 7) is 2.62. The van der Waals surface area contributed by atoms with Crippen LogP contribution in [0.5, 0.6) is 5.75 Å². The molecule has 0 saturated carbocycles. The fourth-order valence-corrected chi connectivity index (χ4v) is 1.32. The van der Waals surface area contributed by atoms with Crippen LogP contribution in [-0.2, 0) is 11.2 Å². The summed E-state index contributed by atoms with van der Waals surface area (Å²) >= 11 is 0. The van der Waals surface area contributed by atoms with E-state index in [-0.39, 0.29) is 6.42 Å². The highest BCUT2D eigenvalue weighted by atomic mass is 19.1. The maximum Gasteiger partial charge on any atom is 0.238 e. The molecule has 0 atom stereocenters. The number of ether oxygens (including phenoxy) is 1. The Kier molecular flexibility index (Phi) is 5.42. The monoisotopic (exact) mass is 240 g/mol. The van der Waals surface area contributed by atoms with Gasteiger partial charge in [0.1, 0.15) is 11.6 Å². The molecule has 0 heterocycles. The molecule has 1 rings (SSSR count). The molecule has 0 aliphatic heterocycles. The van der Waals surface area contributed by atoms with Gasteiger partial charge in [-0.1, -0.05) is 19.4 Å². The molecule has 0 radical (unpaired) electrons. The van der Waals surface area contributed by atoms with Crippen molar-refractivity contribution in [2.24, 2.45) is 5.84 Å². The molecule has 0 aliphatic carbocycles. The average molecular weight is 240 g/mol. The molecule has 5 heteroatoms. The van der Waals surface area contributed by atoms with Crippen LogP contribution in [0.4, 0.5) is 4.39 Å². The van der Waals surface area contributed by atoms with Crippen molar-refractivity contribution in [3.63, 3.8) is 0 Å². The molecule has 1 aromatic carbocycles. The number of carbonyl (C=O) groups is 1. The highest BCUT2D eigenvalue weighted by Gasteiger charge is 2.08. The van der Waals surface area contributed by atoms with Gasteiger partial charge in [-0.15, -0.1) is 0 Å². The van der Waals surface area contributed by atoms with E-state index in [2.05, 4.69) is 6.92 Å². The minimum Gasteiger partial charge on any atom is -0.493 e. The third-order valence-electron chi connectivity index (χ3n) is 2.30. The zero-order valence-corrected chi connectivity index (χ0v) is 9.83. The number of hydrogen-bond acceptors (Lipinski definition) is 3. The first-order valence-corrected chi connectivity index (χ1v) is 5.58. The number of hydrazine groups is 1. The van der Waals surface area contributed by atoms with Gasteiger partial charge in [0.25, 0.3) is 0 Å². The molecule has 1 amide bonds. The maximum absolute atomic E-state index is 13.6. The molecule has 4 nitrogen and oxygen atoms in total. The van der Waals surface area contributed by atoms with Gasteiger partial charge in [-0.2, -0.15) is 0 Å². The Morgan fingerprint density at radius 2 is 2.29 bits per heavy atom. The lowest BCUT2D eigenvalue weighted by atomic mass is 10.1. The largest absolute Gasteiger partial charge is 0.493 e. The van der Waals surface area contributed by atoms with E-state index in [4.69, 9.17) is 10.6 Å². The van der Waals surface area contributed by atoms with Crippen LogP contribution in [0.3, 0.4) is 0 Å². The van der Waals surface area contributed by atoms with E-state index in [9.17, 15) is 9.18 Å². The van der Waals surface area contributed by atoms with Gasteiger partial charge in [0.05, 0.1) is 13.0 Å². The van der Waals surface area contributed by atoms with E-state index in [0.29, 0.717) is 17.9 Å². The number of amides is 1. The molecule has 0 unspecified atom stereocenters. The van der Waals surface area contributed by atoms with Crippen molar-refractivity contribution in [3.8, 4) is 5.75 Å². The Bertz CT molecular complexity index is 383. The Balaban J connectivity index is 2.62. The number of hydrogen-bond donors (Lipinski definition) is 2. The van der Waals surface area contributed by atoms with Gasteiger partial charge in [0.2, 0.25) is 5.91 Å². The van der Waals surface area contributed by atoms with Crippen LogP contribution in [0.15, 0.2) is 18.2 Å². The van der Waals surface area contributed by atoms with Gasteiger partial charge in [-0.05, 0) is 18.1 Å². The van der Waals surface area contributed by atoms with E-state index in [1.165, 1.54) is 12.1 Å². The van der Waals surface area contributed by atoms with Crippen molar-refractivity contribution in [1.82, 2.24) is 5.43 Å². The number of rotatable bonds is 6. The maximum atomic E-state index is 13.6. The van der Waals surface area contributed by atoms with Gasteiger partial charge in [-0.25, -0.2) is 10.2 Å². The van der Waals surface area contributed by atoms with Gasteiger partial charge in [0.15, 0.2) is 0 Å². The van der Waals surface area contributed by atoms with Crippen LogP contribution in [0.1, 0.15) is 25.3 Å². The molecule has 0 bridgehead atoms. The topological polar surface area (TPSA) is 64.3 Å². The SMILES string of the molecule is CCCCOc1ccc(CC(=O)NN)c(F)c1. The molecule has 0 fully saturated rings. The van der Waals surface area contributed by atoms with Crippen LogP contribution in [0.25, 0.3) is 0 Å². The third kappa shape index (κ3) is 4.40. The minimum absolute atomic E-state index is 0.0719. The van der Waals surface area contributed by atoms with Crippen molar-refractivity contribution in [2.75, 3.05) is 6.61 Å². The first-order chi connectivity index (χ1) is 8.17. The molecule has 0 spiro atoms. The predicted octanol–water partition coefficient (Wildman–Crippen LogP) is 1.54. The first kappa shape index (κ1) is 13.4. The van der Waals surface area contributed by atoms with E-state index < -0.39 is 11.7 Å². The van der Waals surface area contributed by atoms with Crippen molar-refractivity contribution in [2.45, 2.75) is 26.2 Å². The summed E-state index contributed by atoms with van der Waals surface area (Å²) < 4.78 is 18.9. The summed E-state index contributed by atoms with van der Waals surface area (Å²) in [4.78, 5) is 11.0. The second-order valence-corrected chi connectivity index (χ2v) is 3.70. The average Bonchev–Trinajstić information content (AvgIpc) is 2.32. The van der Waals surface area contributed by atoms with E-state index >= 15 is 0 Å². The number of nitrogens with two attached hydrogens (primary N) is 1. The van der Waals surface area contributed by atoms with Gasteiger partial charge in [0, 0.05) is 6.07 Å². The van der Waals surface area contributed by atoms with Crippen LogP contribution < -0.4 is 16.0 Å². The molecule has 3 N–H and O–H groups in total. The third-order valence-corrected chi connectivity index (χ3v) is 2.30. The summed E-state index contributed by atoms with van der Waals surface area (Å²) in [6.07, 6.45) is 1.88. The smallest absolute Gasteiger partial charge is 0.238 e. The second-order valence-electron chi connectivity index (χ2n) is 3.70. The number of nitrogens with one attached hydrogen (secondary N) is 1. The minimum atomic E-state index is -0.456. The van der Waals surface area contributed by atoms with Crippen molar-refractivity contribution >= 4 is 5.91 Å². The number of halogens is 1. The molecule has 17 heavy (non-hydrogen) atoms. The Morgan fingerprint density at radius 1 is 1.53 bits per heavy atom. The van der Waals surface area contributed by atoms with Crippen LogP contribution >= 0.6 is 0 Å². The van der Waals surface area contributed by atoms with E-state index in [0.717, 1.165) is 12.8 Å². The summed E-state index contributed by atoms with van der Waals surface area (Å²) in [5, 5.41) is 0. The lowest BCUT2D eigenvalue weighted by molar-refractivity contribution is -0.120. The normalized spacial score (nSPS) is 10.1. The van der Waals surface area contributed by atoms with Crippen LogP contribution in [0.2, 0.25) is 0 Å². The summed E-state index contributed by atoms with van der Waals surface area (Å²) in [7, 11) is 0. The highest BCUT2D eigenvalue weighted by molar-refractivity contribution is 5.77. The zero-order valence-electron chi connectivity index (χ0n) is 9.83. The second kappa shape index (κ2) is 6.85. The lowest BCUT2D eigenvalue weighted by Gasteiger charge is -2.07. The number of carbonyl (C=O) groups excluding carboxylic acids is 1. The highest BCUT2D eigenvalue weighted by Crippen LogP contribution is 2.17. The van der Waals surface area contributed by atoms with Gasteiger partial charge < -0.3 is 4.74 Å². The number of benzene rings is 1. The lowest BCUT2D eigenvalue weighted by Crippen LogP contribution is -2.31. The fraction of sp³-hybridized carbons (Fsp3) is 0.417. The summed E-state index contributed by atoms with van der Waals surface area (Å²) in [5.74, 6) is 4.53. The Labute approximate surface area is 99.9 Å². The van der Waals surface area contributed by atoms with E-state index in [1.807, 2.05) is 5.43 Å². The molecule has 0 aliphatic rings. The van der Waals surface area contributed by atoms with Crippen molar-refractivity contribution in [1.29, 1.82) is 0 Å². The van der Waals surface area contributed by atoms with Gasteiger partial charge in [-0.3, -0.25) is 10.2 Å². The van der Waals surface area contributed by atoms with Crippen molar-refractivity contribution in [3.05, 3.63) is 29.6 Å². The van der Waals surface area contributed by atoms with Crippen LogP contribution in [-0.4, -0.2) is 12.5 Å². The zero-order chi connectivity index (χ0) is 12.7. The molecule has 94 valence electrons. The van der Waals surface area contributed by atoms with Crippen LogP contribution in [0, 0.1) is 5.82 Å². The quantitative estimate of drug-likeness (QED) is 0.343. The molecular formula is C12H17FN2O2. The molecular weight excluding hydrogens is 223 g/mol. The molecule has 0 saturated heterocycles. The predicted molar refractivity (Wildman–Crippen MR) is 62.8 cm³/mol. The Morgan fingerprint density at radius 3 is 2.88 bits per heavy atom. The van der Waals surface area contributed by atoms with E-state index in [1.54, 1.807) is 6.07 Å². The summed E-state index contributed by atoms with van der Waals surface area (Å²) in [6, 6.07) is 4.47. The molecule has 1 aromatic rings.